The number of fused-ring (bicyclic) bond motifs is 18. The third-order valence-electron chi connectivity index (χ3n) is 12.6. The number of hydrogen-bond donors (Lipinski definition) is 0. The molecule has 6 aliphatic rings. The molecule has 0 N–H and O–H groups in total. The minimum Gasteiger partial charge on any atom is -0.497 e. The number of likely N-dealkylation sites (tertiary alicyclic amines) is 3. The Bertz CT molecular complexity index is 1870. The summed E-state index contributed by atoms with van der Waals surface area (Å²) in [6, 6.07) is 23.5. The number of hydrogen-bond acceptors (Lipinski definition) is 6. The first-order chi connectivity index (χ1) is 24.9. The second kappa shape index (κ2) is 11.1. The summed E-state index contributed by atoms with van der Waals surface area (Å²) in [5.41, 5.74) is 10.2. The van der Waals surface area contributed by atoms with Crippen molar-refractivity contribution in [1.29, 1.82) is 0 Å². The summed E-state index contributed by atoms with van der Waals surface area (Å²) in [5.74, 6) is 2.01. The van der Waals surface area contributed by atoms with E-state index in [1.807, 2.05) is 87.5 Å². The number of ether oxygens (including phenoxy) is 3. The van der Waals surface area contributed by atoms with Crippen molar-refractivity contribution in [3.63, 3.8) is 0 Å². The number of amides is 3. The maximum atomic E-state index is 14.3. The lowest BCUT2D eigenvalue weighted by molar-refractivity contribution is -0.131. The Labute approximate surface area is 296 Å². The molecule has 3 amide bonds. The Morgan fingerprint density at radius 2 is 0.686 bits per heavy atom. The van der Waals surface area contributed by atoms with Gasteiger partial charge >= 0.3 is 0 Å². The van der Waals surface area contributed by atoms with E-state index in [1.54, 1.807) is 21.3 Å². The van der Waals surface area contributed by atoms with Gasteiger partial charge in [-0.05, 0) is 106 Å². The molecule has 3 heterocycles. The van der Waals surface area contributed by atoms with Crippen LogP contribution in [0.1, 0.15) is 105 Å². The number of benzene rings is 4. The zero-order valence-corrected chi connectivity index (χ0v) is 28.9. The van der Waals surface area contributed by atoms with Crippen LogP contribution in [0.15, 0.2) is 72.8 Å². The van der Waals surface area contributed by atoms with Crippen LogP contribution in [-0.2, 0) is 34.0 Å². The molecule has 9 nitrogen and oxygen atoms in total. The van der Waals surface area contributed by atoms with Gasteiger partial charge in [0, 0.05) is 19.6 Å². The molecule has 4 aromatic carbocycles. The molecule has 6 bridgehead atoms. The second-order valence-corrected chi connectivity index (χ2v) is 14.8. The van der Waals surface area contributed by atoms with Crippen molar-refractivity contribution in [2.45, 2.75) is 74.8 Å². The molecule has 51 heavy (non-hydrogen) atoms. The standard InChI is InChI=1S/C42H39N3O6/c1-49-25-10-4-22(5-11-25)19-43-31-16-28(40(43)46)34-37(31)35-29-17-33(45(41(29)47)21-24-8-14-27(51-3)15-9-24)39(35)36-30-18-32(38(34)36)44(42(30)48)20-23-6-12-26(50-2)13-7-23/h4-15,28-33H,16-21H2,1-3H3/t28-,29-,30-,31+,32+,33+/m0/s1. The predicted octanol–water partition coefficient (Wildman–Crippen LogP) is 6.42. The van der Waals surface area contributed by atoms with E-state index in [9.17, 15) is 14.4 Å². The number of rotatable bonds is 9. The van der Waals surface area contributed by atoms with Crippen molar-refractivity contribution >= 4 is 17.7 Å². The maximum absolute atomic E-state index is 14.3. The van der Waals surface area contributed by atoms with Gasteiger partial charge in [0.2, 0.25) is 17.7 Å². The molecule has 0 radical (unpaired) electrons. The van der Waals surface area contributed by atoms with Gasteiger partial charge in [-0.2, -0.15) is 0 Å². The second-order valence-electron chi connectivity index (χ2n) is 14.8. The monoisotopic (exact) mass is 681 g/mol. The molecule has 0 saturated carbocycles. The summed E-state index contributed by atoms with van der Waals surface area (Å²) in [6.45, 7) is 1.53. The van der Waals surface area contributed by atoms with E-state index in [-0.39, 0.29) is 53.6 Å². The lowest BCUT2D eigenvalue weighted by atomic mass is 9.77. The summed E-state index contributed by atoms with van der Waals surface area (Å²) in [6.07, 6.45) is 2.16. The Balaban J connectivity index is 1.08. The van der Waals surface area contributed by atoms with E-state index >= 15 is 0 Å². The lowest BCUT2D eigenvalue weighted by Crippen LogP contribution is -2.40. The third-order valence-corrected chi connectivity index (χ3v) is 12.6. The summed E-state index contributed by atoms with van der Waals surface area (Å²) < 4.78 is 16.1. The zero-order chi connectivity index (χ0) is 34.7. The molecule has 4 aromatic rings. The van der Waals surface area contributed by atoms with Crippen molar-refractivity contribution < 1.29 is 28.6 Å². The fraction of sp³-hybridized carbons (Fsp3) is 0.357. The van der Waals surface area contributed by atoms with Gasteiger partial charge in [0.15, 0.2) is 0 Å². The van der Waals surface area contributed by atoms with Gasteiger partial charge < -0.3 is 28.9 Å². The molecular formula is C42H39N3O6. The van der Waals surface area contributed by atoms with Crippen LogP contribution in [0.3, 0.4) is 0 Å². The number of carbonyl (C=O) groups is 3. The van der Waals surface area contributed by atoms with E-state index < -0.39 is 0 Å². The van der Waals surface area contributed by atoms with Crippen molar-refractivity contribution in [1.82, 2.24) is 14.7 Å². The first-order valence-corrected chi connectivity index (χ1v) is 17.9. The molecule has 3 saturated heterocycles. The van der Waals surface area contributed by atoms with Gasteiger partial charge in [-0.15, -0.1) is 0 Å². The fourth-order valence-corrected chi connectivity index (χ4v) is 10.4. The topological polar surface area (TPSA) is 88.6 Å². The van der Waals surface area contributed by atoms with Crippen LogP contribution in [-0.4, -0.2) is 53.8 Å². The smallest absolute Gasteiger partial charge is 0.231 e. The normalized spacial score (nSPS) is 25.9. The summed E-state index contributed by atoms with van der Waals surface area (Å²) >= 11 is 0. The highest BCUT2D eigenvalue weighted by molar-refractivity contribution is 5.98. The molecule has 258 valence electrons. The molecule has 3 fully saturated rings. The van der Waals surface area contributed by atoms with Crippen molar-refractivity contribution in [2.75, 3.05) is 21.3 Å². The van der Waals surface area contributed by atoms with E-state index in [1.165, 1.54) is 16.7 Å². The lowest BCUT2D eigenvalue weighted by Gasteiger charge is -2.40. The van der Waals surface area contributed by atoms with Gasteiger partial charge in [0.1, 0.15) is 17.2 Å². The molecule has 3 aliphatic carbocycles. The fourth-order valence-electron chi connectivity index (χ4n) is 10.4. The molecule has 10 rings (SSSR count). The highest BCUT2D eigenvalue weighted by Gasteiger charge is 2.62. The molecular weight excluding hydrogens is 642 g/mol. The summed E-state index contributed by atoms with van der Waals surface area (Å²) in [7, 11) is 4.96. The molecule has 0 spiro atoms. The van der Waals surface area contributed by atoms with Crippen molar-refractivity contribution in [3.05, 3.63) is 123 Å². The van der Waals surface area contributed by atoms with Crippen LogP contribution in [0, 0.1) is 0 Å². The first-order valence-electron chi connectivity index (χ1n) is 17.9. The van der Waals surface area contributed by atoms with Crippen molar-refractivity contribution in [3.8, 4) is 17.2 Å². The number of methoxy groups -OCH3 is 3. The van der Waals surface area contributed by atoms with Crippen LogP contribution in [0.5, 0.6) is 17.2 Å². The third kappa shape index (κ3) is 4.23. The average molecular weight is 682 g/mol. The Morgan fingerprint density at radius 1 is 0.431 bits per heavy atom. The molecule has 0 aromatic heterocycles. The molecule has 6 atom stereocenters. The number of carbonyl (C=O) groups excluding carboxylic acids is 3. The minimum absolute atomic E-state index is 0.0919. The van der Waals surface area contributed by atoms with Gasteiger partial charge in [-0.3, -0.25) is 14.4 Å². The van der Waals surface area contributed by atoms with Crippen LogP contribution in [0.2, 0.25) is 0 Å². The molecule has 0 unspecified atom stereocenters. The van der Waals surface area contributed by atoms with Gasteiger partial charge in [0.25, 0.3) is 0 Å². The molecule has 3 aliphatic heterocycles. The van der Waals surface area contributed by atoms with E-state index in [2.05, 4.69) is 0 Å². The Hall–Kier alpha value is -5.31. The van der Waals surface area contributed by atoms with Gasteiger partial charge in [-0.1, -0.05) is 36.4 Å². The van der Waals surface area contributed by atoms with E-state index in [0.29, 0.717) is 19.6 Å². The largest absolute Gasteiger partial charge is 0.497 e. The highest BCUT2D eigenvalue weighted by atomic mass is 16.5. The van der Waals surface area contributed by atoms with Crippen LogP contribution in [0.4, 0.5) is 0 Å². The van der Waals surface area contributed by atoms with E-state index in [4.69, 9.17) is 14.2 Å². The Morgan fingerprint density at radius 3 is 0.922 bits per heavy atom. The van der Waals surface area contributed by atoms with Crippen LogP contribution in [0.25, 0.3) is 0 Å². The molecule has 9 heteroatoms. The maximum Gasteiger partial charge on any atom is 0.231 e. The van der Waals surface area contributed by atoms with Crippen LogP contribution < -0.4 is 14.2 Å². The van der Waals surface area contributed by atoms with Crippen molar-refractivity contribution in [2.24, 2.45) is 0 Å². The number of nitrogens with zero attached hydrogens (tertiary/aromatic N) is 3. The SMILES string of the molecule is COc1ccc(CN2C(=O)[C@H]3C[C@@H]2c2c3c3c(c4c2[C@@H]2C[C@H]4N(Cc4ccc(OC)cc4)C2=O)[C@@H]2C[C@H]3N(Cc3ccc(OC)cc3)C2=O)cc1. The van der Waals surface area contributed by atoms with Gasteiger partial charge in [0.05, 0.1) is 57.2 Å². The first kappa shape index (κ1) is 30.5. The quantitative estimate of drug-likeness (QED) is 0.203. The van der Waals surface area contributed by atoms with E-state index in [0.717, 1.165) is 69.9 Å². The summed E-state index contributed by atoms with van der Waals surface area (Å²) in [5, 5.41) is 0. The zero-order valence-electron chi connectivity index (χ0n) is 28.9. The minimum atomic E-state index is -0.260. The Kier molecular flexibility index (Phi) is 6.64. The van der Waals surface area contributed by atoms with Gasteiger partial charge in [-0.25, -0.2) is 0 Å². The van der Waals surface area contributed by atoms with Crippen LogP contribution >= 0.6 is 0 Å². The average Bonchev–Trinajstić information content (AvgIpc) is 4.00. The highest BCUT2D eigenvalue weighted by Crippen LogP contribution is 2.68. The predicted molar refractivity (Wildman–Crippen MR) is 187 cm³/mol. The summed E-state index contributed by atoms with van der Waals surface area (Å²) in [4.78, 5) is 49.1.